The van der Waals surface area contributed by atoms with E-state index in [2.05, 4.69) is 17.4 Å². The summed E-state index contributed by atoms with van der Waals surface area (Å²) in [7, 11) is 1.98. The quantitative estimate of drug-likeness (QED) is 0.772. The lowest BCUT2D eigenvalue weighted by Crippen LogP contribution is -2.40. The van der Waals surface area contributed by atoms with E-state index in [9.17, 15) is 9.59 Å². The van der Waals surface area contributed by atoms with E-state index in [4.69, 9.17) is 0 Å². The minimum atomic E-state index is 0. The van der Waals surface area contributed by atoms with Crippen LogP contribution in [-0.4, -0.2) is 43.3 Å². The Morgan fingerprint density at radius 2 is 1.77 bits per heavy atom. The number of carbonyl (C=O) groups excluding carboxylic acids is 2. The molecule has 3 rings (SSSR count). The number of aryl methyl sites for hydroxylation is 2. The summed E-state index contributed by atoms with van der Waals surface area (Å²) < 4.78 is 0. The number of piperidine rings is 1. The van der Waals surface area contributed by atoms with Crippen molar-refractivity contribution < 1.29 is 9.59 Å². The van der Waals surface area contributed by atoms with Gasteiger partial charge in [0.05, 0.1) is 0 Å². The summed E-state index contributed by atoms with van der Waals surface area (Å²) in [5, 5.41) is 3.21. The van der Waals surface area contributed by atoms with Gasteiger partial charge >= 0.3 is 0 Å². The zero-order valence-corrected chi connectivity index (χ0v) is 16.6. The van der Waals surface area contributed by atoms with Gasteiger partial charge in [0.25, 0.3) is 0 Å². The highest BCUT2D eigenvalue weighted by Gasteiger charge is 2.23. The number of likely N-dealkylation sites (tertiary alicyclic amines) is 1. The second-order valence-electron chi connectivity index (χ2n) is 7.50. The molecular weight excluding hydrogens is 348 g/mol. The van der Waals surface area contributed by atoms with Crippen LogP contribution in [-0.2, 0) is 17.6 Å². The van der Waals surface area contributed by atoms with Crippen molar-refractivity contribution in [2.75, 3.05) is 26.7 Å². The Morgan fingerprint density at radius 3 is 2.46 bits per heavy atom. The molecule has 1 aromatic carbocycles. The molecule has 0 bridgehead atoms. The molecular formula is C21H31ClN2O2. The molecule has 5 heteroatoms. The monoisotopic (exact) mass is 378 g/mol. The number of fused-ring (bicyclic) bond motifs is 1. The summed E-state index contributed by atoms with van der Waals surface area (Å²) >= 11 is 0. The lowest BCUT2D eigenvalue weighted by molar-refractivity contribution is -0.132. The molecule has 1 heterocycles. The number of Topliss-reactive ketones (excluding diaryl/α,β-unsaturated/α-hetero) is 1. The molecule has 1 N–H and O–H groups in total. The molecule has 2 aliphatic rings. The van der Waals surface area contributed by atoms with Gasteiger partial charge in [-0.3, -0.25) is 9.59 Å². The van der Waals surface area contributed by atoms with E-state index in [1.165, 1.54) is 24.0 Å². The SMILES string of the molecule is CNCC1CCN(C(=O)CCC(=O)c2ccc3c(c2)CCCC3)CC1.Cl. The van der Waals surface area contributed by atoms with Crippen LogP contribution >= 0.6 is 12.4 Å². The minimum absolute atomic E-state index is 0. The molecule has 0 aromatic heterocycles. The Bertz CT molecular complexity index is 624. The standard InChI is InChI=1S/C21H30N2O2.ClH/c1-22-15-16-10-12-23(13-11-16)21(25)9-8-20(24)19-7-6-17-4-2-3-5-18(17)14-19;/h6-7,14,16,22H,2-5,8-13,15H2,1H3;1H. The van der Waals surface area contributed by atoms with Gasteiger partial charge in [0.15, 0.2) is 5.78 Å². The van der Waals surface area contributed by atoms with Crippen molar-refractivity contribution in [3.05, 3.63) is 34.9 Å². The van der Waals surface area contributed by atoms with Crippen LogP contribution in [0, 0.1) is 5.92 Å². The van der Waals surface area contributed by atoms with E-state index >= 15 is 0 Å². The number of nitrogens with zero attached hydrogens (tertiary/aromatic N) is 1. The summed E-state index contributed by atoms with van der Waals surface area (Å²) in [5.74, 6) is 0.909. The first-order valence-corrected chi connectivity index (χ1v) is 9.74. The summed E-state index contributed by atoms with van der Waals surface area (Å²) in [6, 6.07) is 6.11. The summed E-state index contributed by atoms with van der Waals surface area (Å²) in [4.78, 5) is 26.8. The molecule has 1 amide bonds. The number of ketones is 1. The first kappa shape index (κ1) is 20.9. The highest BCUT2D eigenvalue weighted by molar-refractivity contribution is 5.98. The Hall–Kier alpha value is -1.39. The third-order valence-corrected chi connectivity index (χ3v) is 5.70. The van der Waals surface area contributed by atoms with Crippen LogP contribution in [0.2, 0.25) is 0 Å². The molecule has 4 nitrogen and oxygen atoms in total. The molecule has 0 saturated carbocycles. The number of amides is 1. The minimum Gasteiger partial charge on any atom is -0.343 e. The van der Waals surface area contributed by atoms with E-state index < -0.39 is 0 Å². The summed E-state index contributed by atoms with van der Waals surface area (Å²) in [6.07, 6.45) is 7.46. The van der Waals surface area contributed by atoms with Crippen molar-refractivity contribution in [1.29, 1.82) is 0 Å². The largest absolute Gasteiger partial charge is 0.343 e. The van der Waals surface area contributed by atoms with Gasteiger partial charge in [-0.15, -0.1) is 12.4 Å². The second-order valence-corrected chi connectivity index (χ2v) is 7.50. The molecule has 1 aliphatic heterocycles. The van der Waals surface area contributed by atoms with E-state index in [0.29, 0.717) is 18.8 Å². The van der Waals surface area contributed by atoms with Crippen molar-refractivity contribution in [3.8, 4) is 0 Å². The average molecular weight is 379 g/mol. The molecule has 0 radical (unpaired) electrons. The van der Waals surface area contributed by atoms with Crippen LogP contribution < -0.4 is 5.32 Å². The number of nitrogens with one attached hydrogen (secondary N) is 1. The summed E-state index contributed by atoms with van der Waals surface area (Å²) in [5.41, 5.74) is 3.50. The maximum atomic E-state index is 12.5. The van der Waals surface area contributed by atoms with Crippen LogP contribution in [0.5, 0.6) is 0 Å². The maximum absolute atomic E-state index is 12.5. The molecule has 1 aliphatic carbocycles. The van der Waals surface area contributed by atoms with E-state index in [1.54, 1.807) is 0 Å². The van der Waals surface area contributed by atoms with E-state index in [1.807, 2.05) is 18.0 Å². The molecule has 144 valence electrons. The van der Waals surface area contributed by atoms with Gasteiger partial charge in [-0.2, -0.15) is 0 Å². The zero-order chi connectivity index (χ0) is 17.6. The fourth-order valence-electron chi connectivity index (χ4n) is 4.10. The Kier molecular flexibility index (Phi) is 8.11. The molecule has 1 aromatic rings. The first-order valence-electron chi connectivity index (χ1n) is 9.74. The highest BCUT2D eigenvalue weighted by Crippen LogP contribution is 2.23. The Morgan fingerprint density at radius 1 is 1.08 bits per heavy atom. The van der Waals surface area contributed by atoms with Gasteiger partial charge in [-0.25, -0.2) is 0 Å². The zero-order valence-electron chi connectivity index (χ0n) is 15.8. The predicted molar refractivity (Wildman–Crippen MR) is 107 cm³/mol. The molecule has 0 atom stereocenters. The van der Waals surface area contributed by atoms with Crippen molar-refractivity contribution in [3.63, 3.8) is 0 Å². The maximum Gasteiger partial charge on any atom is 0.223 e. The van der Waals surface area contributed by atoms with Gasteiger partial charge in [-0.1, -0.05) is 12.1 Å². The van der Waals surface area contributed by atoms with Crippen LogP contribution in [0.25, 0.3) is 0 Å². The highest BCUT2D eigenvalue weighted by atomic mass is 35.5. The lowest BCUT2D eigenvalue weighted by atomic mass is 9.89. The average Bonchev–Trinajstić information content (AvgIpc) is 2.66. The number of halogens is 1. The Labute approximate surface area is 163 Å². The predicted octanol–water partition coefficient (Wildman–Crippen LogP) is 3.41. The van der Waals surface area contributed by atoms with Crippen LogP contribution in [0.4, 0.5) is 0 Å². The van der Waals surface area contributed by atoms with Crippen molar-refractivity contribution in [1.82, 2.24) is 10.2 Å². The second kappa shape index (κ2) is 10.1. The first-order chi connectivity index (χ1) is 12.2. The molecule has 1 fully saturated rings. The van der Waals surface area contributed by atoms with E-state index in [0.717, 1.165) is 50.9 Å². The number of hydrogen-bond acceptors (Lipinski definition) is 3. The van der Waals surface area contributed by atoms with Crippen molar-refractivity contribution >= 4 is 24.1 Å². The number of hydrogen-bond donors (Lipinski definition) is 1. The van der Waals surface area contributed by atoms with Crippen LogP contribution in [0.3, 0.4) is 0 Å². The van der Waals surface area contributed by atoms with Crippen molar-refractivity contribution in [2.24, 2.45) is 5.92 Å². The van der Waals surface area contributed by atoms with E-state index in [-0.39, 0.29) is 24.1 Å². The van der Waals surface area contributed by atoms with Crippen LogP contribution in [0.1, 0.15) is 60.0 Å². The van der Waals surface area contributed by atoms with Gasteiger partial charge < -0.3 is 10.2 Å². The number of carbonyl (C=O) groups is 2. The van der Waals surface area contributed by atoms with Crippen molar-refractivity contribution in [2.45, 2.75) is 51.4 Å². The fourth-order valence-corrected chi connectivity index (χ4v) is 4.10. The molecule has 0 unspecified atom stereocenters. The fraction of sp³-hybridized carbons (Fsp3) is 0.619. The smallest absolute Gasteiger partial charge is 0.223 e. The molecule has 0 spiro atoms. The third kappa shape index (κ3) is 5.31. The van der Waals surface area contributed by atoms with Gasteiger partial charge in [0.1, 0.15) is 0 Å². The normalized spacial score (nSPS) is 17.3. The van der Waals surface area contributed by atoms with Gasteiger partial charge in [-0.05, 0) is 75.2 Å². The van der Waals surface area contributed by atoms with Gasteiger partial charge in [0.2, 0.25) is 5.91 Å². The molecule has 1 saturated heterocycles. The topological polar surface area (TPSA) is 49.4 Å². The third-order valence-electron chi connectivity index (χ3n) is 5.70. The molecule has 26 heavy (non-hydrogen) atoms. The summed E-state index contributed by atoms with van der Waals surface area (Å²) in [6.45, 7) is 2.69. The van der Waals surface area contributed by atoms with Crippen LogP contribution in [0.15, 0.2) is 18.2 Å². The van der Waals surface area contributed by atoms with Gasteiger partial charge in [0, 0.05) is 31.5 Å². The lowest BCUT2D eigenvalue weighted by Gasteiger charge is -2.32. The Balaban J connectivity index is 0.00000243. The number of rotatable bonds is 6. The number of benzene rings is 1.